The first-order valence-corrected chi connectivity index (χ1v) is 10.9. The van der Waals surface area contributed by atoms with Gasteiger partial charge in [-0.25, -0.2) is 5.43 Å². The molecule has 0 unspecified atom stereocenters. The normalized spacial score (nSPS) is 10.8. The Kier molecular flexibility index (Phi) is 8.82. The Bertz CT molecular complexity index is 1080. The molecule has 0 aliphatic rings. The van der Waals surface area contributed by atoms with Crippen molar-refractivity contribution in [2.24, 2.45) is 5.10 Å². The molecule has 3 rings (SSSR count). The van der Waals surface area contributed by atoms with Gasteiger partial charge in [0.2, 0.25) is 0 Å². The Morgan fingerprint density at radius 1 is 0.970 bits per heavy atom. The minimum atomic E-state index is -0.304. The number of aryl methyl sites for hydroxylation is 1. The molecule has 2 aromatic carbocycles. The average molecular weight is 448 g/mol. The van der Waals surface area contributed by atoms with E-state index in [0.717, 1.165) is 23.3 Å². The molecule has 3 aromatic rings. The number of nitrogens with zero attached hydrogens (tertiary/aromatic N) is 2. The summed E-state index contributed by atoms with van der Waals surface area (Å²) in [4.78, 5) is 15.9. The molecule has 1 heterocycles. The molecule has 7 heteroatoms. The number of hydrazone groups is 1. The molecule has 1 N–H and O–H groups in total. The fourth-order valence-corrected chi connectivity index (χ4v) is 3.03. The highest BCUT2D eigenvalue weighted by atomic mass is 16.5. The van der Waals surface area contributed by atoms with Crippen LogP contribution in [0, 0.1) is 13.8 Å². The van der Waals surface area contributed by atoms with Crippen molar-refractivity contribution in [3.63, 3.8) is 0 Å². The summed E-state index contributed by atoms with van der Waals surface area (Å²) in [6.45, 7) is 7.62. The van der Waals surface area contributed by atoms with E-state index >= 15 is 0 Å². The quantitative estimate of drug-likeness (QED) is 0.262. The van der Waals surface area contributed by atoms with Crippen molar-refractivity contribution in [3.8, 4) is 17.2 Å². The largest absolute Gasteiger partial charge is 0.493 e. The maximum atomic E-state index is 12.0. The molecule has 0 aliphatic carbocycles. The van der Waals surface area contributed by atoms with Crippen molar-refractivity contribution >= 4 is 12.1 Å². The van der Waals surface area contributed by atoms with Crippen LogP contribution in [0.5, 0.6) is 17.2 Å². The first-order chi connectivity index (χ1) is 16.1. The number of amides is 1. The van der Waals surface area contributed by atoms with Gasteiger partial charge in [0.05, 0.1) is 26.0 Å². The van der Waals surface area contributed by atoms with Crippen molar-refractivity contribution in [1.29, 1.82) is 0 Å². The fraction of sp³-hybridized carbons (Fsp3) is 0.269. The predicted octanol–water partition coefficient (Wildman–Crippen LogP) is 4.71. The zero-order valence-corrected chi connectivity index (χ0v) is 19.2. The monoisotopic (exact) mass is 447 g/mol. The van der Waals surface area contributed by atoms with E-state index < -0.39 is 0 Å². The number of carbonyl (C=O) groups excluding carboxylic acids is 1. The van der Waals surface area contributed by atoms with Crippen LogP contribution in [0.2, 0.25) is 0 Å². The second-order valence-electron chi connectivity index (χ2n) is 7.32. The van der Waals surface area contributed by atoms with Crippen LogP contribution in [0.15, 0.2) is 66.0 Å². The van der Waals surface area contributed by atoms with Crippen LogP contribution >= 0.6 is 0 Å². The van der Waals surface area contributed by atoms with Crippen molar-refractivity contribution < 1.29 is 19.0 Å². The van der Waals surface area contributed by atoms with Crippen LogP contribution in [0.25, 0.3) is 0 Å². The van der Waals surface area contributed by atoms with Gasteiger partial charge in [0.25, 0.3) is 5.91 Å². The summed E-state index contributed by atoms with van der Waals surface area (Å²) in [6, 6.07) is 14.8. The number of rotatable bonds is 11. The molecule has 7 nitrogen and oxygen atoms in total. The van der Waals surface area contributed by atoms with Crippen molar-refractivity contribution in [1.82, 2.24) is 10.4 Å². The van der Waals surface area contributed by atoms with E-state index in [4.69, 9.17) is 14.2 Å². The molecule has 0 aliphatic heterocycles. The van der Waals surface area contributed by atoms with E-state index in [1.165, 1.54) is 5.56 Å². The smallest absolute Gasteiger partial charge is 0.271 e. The lowest BCUT2D eigenvalue weighted by Gasteiger charge is -2.14. The van der Waals surface area contributed by atoms with Crippen molar-refractivity contribution in [3.05, 3.63) is 83.2 Å². The molecule has 0 atom stereocenters. The molecule has 0 bridgehead atoms. The maximum absolute atomic E-state index is 12.0. The van der Waals surface area contributed by atoms with Crippen LogP contribution in [0.1, 0.15) is 40.4 Å². The Morgan fingerprint density at radius 2 is 1.73 bits per heavy atom. The first kappa shape index (κ1) is 23.8. The second-order valence-corrected chi connectivity index (χ2v) is 7.32. The zero-order valence-electron chi connectivity index (χ0n) is 19.2. The molecule has 0 saturated carbocycles. The molecular weight excluding hydrogens is 418 g/mol. The van der Waals surface area contributed by atoms with Crippen LogP contribution < -0.4 is 19.6 Å². The van der Waals surface area contributed by atoms with Gasteiger partial charge in [-0.05, 0) is 73.9 Å². The summed E-state index contributed by atoms with van der Waals surface area (Å²) < 4.78 is 17.5. The highest BCUT2D eigenvalue weighted by Gasteiger charge is 2.07. The van der Waals surface area contributed by atoms with E-state index in [-0.39, 0.29) is 5.91 Å². The minimum absolute atomic E-state index is 0.304. The van der Waals surface area contributed by atoms with Gasteiger partial charge >= 0.3 is 0 Å². The Morgan fingerprint density at radius 3 is 2.48 bits per heavy atom. The van der Waals surface area contributed by atoms with Gasteiger partial charge in [-0.15, -0.1) is 0 Å². The molecule has 1 aromatic heterocycles. The SMILES string of the molecule is CCOc1cc(C=NNC(=O)c2ccncc2)ccc1OCCCOc1cccc(C)c1C. The lowest BCUT2D eigenvalue weighted by molar-refractivity contribution is 0.0955. The summed E-state index contributed by atoms with van der Waals surface area (Å²) in [7, 11) is 0. The van der Waals surface area contributed by atoms with Gasteiger partial charge < -0.3 is 14.2 Å². The summed E-state index contributed by atoms with van der Waals surface area (Å²) >= 11 is 0. The van der Waals surface area contributed by atoms with Crippen LogP contribution in [0.3, 0.4) is 0 Å². The highest BCUT2D eigenvalue weighted by molar-refractivity contribution is 5.94. The third kappa shape index (κ3) is 7.07. The lowest BCUT2D eigenvalue weighted by Crippen LogP contribution is -2.17. The Balaban J connectivity index is 1.51. The summed E-state index contributed by atoms with van der Waals surface area (Å²) in [5.74, 6) is 1.88. The number of hydrogen-bond acceptors (Lipinski definition) is 6. The van der Waals surface area contributed by atoms with Gasteiger partial charge in [-0.1, -0.05) is 12.1 Å². The fourth-order valence-electron chi connectivity index (χ4n) is 3.03. The predicted molar refractivity (Wildman–Crippen MR) is 128 cm³/mol. The van der Waals surface area contributed by atoms with Crippen molar-refractivity contribution in [2.75, 3.05) is 19.8 Å². The van der Waals surface area contributed by atoms with E-state index in [1.807, 2.05) is 37.3 Å². The standard InChI is InChI=1S/C26H29N3O4/c1-4-31-25-17-21(18-28-29-26(30)22-11-13-27-14-12-22)9-10-24(25)33-16-6-15-32-23-8-5-7-19(2)20(23)3/h5,7-14,17-18H,4,6,15-16H2,1-3H3,(H,29,30). The summed E-state index contributed by atoms with van der Waals surface area (Å²) in [6.07, 6.45) is 5.41. The number of carbonyl (C=O) groups is 1. The van der Waals surface area contributed by atoms with Gasteiger partial charge in [0.1, 0.15) is 5.75 Å². The number of nitrogens with one attached hydrogen (secondary N) is 1. The zero-order chi connectivity index (χ0) is 23.5. The topological polar surface area (TPSA) is 82.0 Å². The van der Waals surface area contributed by atoms with Gasteiger partial charge in [0, 0.05) is 24.4 Å². The minimum Gasteiger partial charge on any atom is -0.493 e. The molecular formula is C26H29N3O4. The third-order valence-electron chi connectivity index (χ3n) is 4.95. The number of benzene rings is 2. The molecule has 0 radical (unpaired) electrons. The maximum Gasteiger partial charge on any atom is 0.271 e. The molecule has 0 spiro atoms. The number of aromatic nitrogens is 1. The molecule has 1 amide bonds. The van der Waals surface area contributed by atoms with E-state index in [9.17, 15) is 4.79 Å². The highest BCUT2D eigenvalue weighted by Crippen LogP contribution is 2.28. The number of ether oxygens (including phenoxy) is 3. The second kappa shape index (κ2) is 12.2. The van der Waals surface area contributed by atoms with Crippen LogP contribution in [-0.4, -0.2) is 36.9 Å². The lowest BCUT2D eigenvalue weighted by atomic mass is 10.1. The van der Waals surface area contributed by atoms with Gasteiger partial charge in [0.15, 0.2) is 11.5 Å². The van der Waals surface area contributed by atoms with Crippen LogP contribution in [-0.2, 0) is 0 Å². The molecule has 0 fully saturated rings. The van der Waals surface area contributed by atoms with Gasteiger partial charge in [-0.3, -0.25) is 9.78 Å². The van der Waals surface area contributed by atoms with E-state index in [0.29, 0.717) is 36.9 Å². The molecule has 172 valence electrons. The number of hydrogen-bond donors (Lipinski definition) is 1. The van der Waals surface area contributed by atoms with Crippen LogP contribution in [0.4, 0.5) is 0 Å². The Labute approximate surface area is 194 Å². The molecule has 0 saturated heterocycles. The summed E-state index contributed by atoms with van der Waals surface area (Å²) in [5.41, 5.74) is 6.14. The summed E-state index contributed by atoms with van der Waals surface area (Å²) in [5, 5.41) is 4.02. The Hall–Kier alpha value is -3.87. The molecule has 33 heavy (non-hydrogen) atoms. The van der Waals surface area contributed by atoms with E-state index in [1.54, 1.807) is 30.7 Å². The first-order valence-electron chi connectivity index (χ1n) is 10.9. The third-order valence-corrected chi connectivity index (χ3v) is 4.95. The van der Waals surface area contributed by atoms with Crippen molar-refractivity contribution in [2.45, 2.75) is 27.2 Å². The van der Waals surface area contributed by atoms with E-state index in [2.05, 4.69) is 35.4 Å². The number of pyridine rings is 1. The van der Waals surface area contributed by atoms with Gasteiger partial charge in [-0.2, -0.15) is 5.10 Å². The average Bonchev–Trinajstić information content (AvgIpc) is 2.83.